The molecule has 0 radical (unpaired) electrons. The van der Waals surface area contributed by atoms with Gasteiger partial charge in [-0.1, -0.05) is 26.8 Å². The van der Waals surface area contributed by atoms with Crippen molar-refractivity contribution < 1.29 is 14.3 Å². The second kappa shape index (κ2) is 6.18. The number of ether oxygens (including phenoxy) is 1. The van der Waals surface area contributed by atoms with Crippen molar-refractivity contribution in [2.24, 2.45) is 0 Å². The molecule has 0 aromatic heterocycles. The molecule has 1 aromatic carbocycles. The third kappa shape index (κ3) is 4.53. The van der Waals surface area contributed by atoms with Crippen LogP contribution in [-0.2, 0) is 11.0 Å². The van der Waals surface area contributed by atoms with Crippen LogP contribution in [0, 0.1) is 0 Å². The van der Waals surface area contributed by atoms with Gasteiger partial charge in [-0.2, -0.15) is 0 Å². The van der Waals surface area contributed by atoms with Gasteiger partial charge < -0.3 is 14.3 Å². The minimum atomic E-state index is -1.76. The highest BCUT2D eigenvalue weighted by atomic mass is 28.4. The summed E-state index contributed by atoms with van der Waals surface area (Å²) in [7, 11) is -1.76. The van der Waals surface area contributed by atoms with Crippen molar-refractivity contribution in [2.75, 3.05) is 0 Å². The van der Waals surface area contributed by atoms with E-state index in [0.717, 1.165) is 5.56 Å². The second-order valence-corrected chi connectivity index (χ2v) is 11.8. The third-order valence-electron chi connectivity index (χ3n) is 3.79. The van der Waals surface area contributed by atoms with Crippen molar-refractivity contribution in [3.05, 3.63) is 23.8 Å². The van der Waals surface area contributed by atoms with E-state index in [9.17, 15) is 5.11 Å². The summed E-state index contributed by atoms with van der Waals surface area (Å²) in [5.41, 5.74) is 0.975. The van der Waals surface area contributed by atoms with Gasteiger partial charge in [0.2, 0.25) is 0 Å². The average Bonchev–Trinajstić information content (AvgIpc) is 2.28. The van der Waals surface area contributed by atoms with Crippen LogP contribution < -0.4 is 4.74 Å². The van der Waals surface area contributed by atoms with E-state index in [-0.39, 0.29) is 16.9 Å². The number of aromatic hydroxyl groups is 1. The van der Waals surface area contributed by atoms with Crippen LogP contribution in [0.3, 0.4) is 0 Å². The molecule has 0 spiro atoms. The van der Waals surface area contributed by atoms with Gasteiger partial charge in [0.1, 0.15) is 0 Å². The van der Waals surface area contributed by atoms with Crippen molar-refractivity contribution in [1.29, 1.82) is 0 Å². The summed E-state index contributed by atoms with van der Waals surface area (Å²) in [5.74, 6) is 0.700. The first kappa shape index (κ1) is 17.0. The van der Waals surface area contributed by atoms with Gasteiger partial charge in [-0.3, -0.25) is 0 Å². The minimum Gasteiger partial charge on any atom is -0.504 e. The summed E-state index contributed by atoms with van der Waals surface area (Å²) in [4.78, 5) is 0. The van der Waals surface area contributed by atoms with Gasteiger partial charge in [-0.05, 0) is 49.7 Å². The highest BCUT2D eigenvalue weighted by Crippen LogP contribution is 2.37. The molecule has 0 unspecified atom stereocenters. The molecule has 3 nitrogen and oxygen atoms in total. The van der Waals surface area contributed by atoms with Gasteiger partial charge in [-0.15, -0.1) is 0 Å². The first-order valence-electron chi connectivity index (χ1n) is 7.15. The van der Waals surface area contributed by atoms with Crippen molar-refractivity contribution in [3.8, 4) is 11.5 Å². The Hall–Kier alpha value is -1.00. The molecule has 114 valence electrons. The number of hydrogen-bond donors (Lipinski definition) is 1. The standard InChI is InChI=1S/C16H28O3Si/c1-12(2)19-15-9-8-13(10-14(15)17)11-18-20(6,7)16(3,4)5/h8-10,12,17H,11H2,1-7H3. The fourth-order valence-corrected chi connectivity index (χ4v) is 2.45. The molecule has 4 heteroatoms. The predicted octanol–water partition coefficient (Wildman–Crippen LogP) is 4.70. The molecule has 1 rings (SSSR count). The van der Waals surface area contributed by atoms with Crippen molar-refractivity contribution in [1.82, 2.24) is 0 Å². The molecule has 20 heavy (non-hydrogen) atoms. The monoisotopic (exact) mass is 296 g/mol. The molecule has 0 aliphatic carbocycles. The first-order valence-corrected chi connectivity index (χ1v) is 10.1. The van der Waals surface area contributed by atoms with E-state index in [4.69, 9.17) is 9.16 Å². The molecule has 0 aliphatic heterocycles. The fraction of sp³-hybridized carbons (Fsp3) is 0.625. The van der Waals surface area contributed by atoms with Gasteiger partial charge in [0, 0.05) is 0 Å². The van der Waals surface area contributed by atoms with E-state index in [1.165, 1.54) is 0 Å². The molecule has 0 saturated carbocycles. The summed E-state index contributed by atoms with van der Waals surface area (Å²) < 4.78 is 11.7. The van der Waals surface area contributed by atoms with Gasteiger partial charge in [0.05, 0.1) is 12.7 Å². The molecule has 1 aromatic rings. The Morgan fingerprint density at radius 3 is 2.25 bits per heavy atom. The lowest BCUT2D eigenvalue weighted by Gasteiger charge is -2.36. The third-order valence-corrected chi connectivity index (χ3v) is 8.27. The van der Waals surface area contributed by atoms with E-state index in [1.54, 1.807) is 12.1 Å². The molecule has 0 amide bonds. The maximum atomic E-state index is 9.96. The van der Waals surface area contributed by atoms with Crippen LogP contribution in [0.2, 0.25) is 18.1 Å². The average molecular weight is 296 g/mol. The summed E-state index contributed by atoms with van der Waals surface area (Å²) in [6, 6.07) is 5.48. The Morgan fingerprint density at radius 2 is 1.80 bits per heavy atom. The molecule has 0 bridgehead atoms. The van der Waals surface area contributed by atoms with Crippen LogP contribution >= 0.6 is 0 Å². The van der Waals surface area contributed by atoms with Gasteiger partial charge in [0.25, 0.3) is 0 Å². The van der Waals surface area contributed by atoms with Crippen molar-refractivity contribution >= 4 is 8.32 Å². The Bertz CT molecular complexity index is 448. The second-order valence-electron chi connectivity index (χ2n) is 7.02. The van der Waals surface area contributed by atoms with Gasteiger partial charge in [0.15, 0.2) is 19.8 Å². The van der Waals surface area contributed by atoms with Crippen LogP contribution in [0.25, 0.3) is 0 Å². The predicted molar refractivity (Wildman–Crippen MR) is 85.9 cm³/mol. The topological polar surface area (TPSA) is 38.7 Å². The van der Waals surface area contributed by atoms with Crippen molar-refractivity contribution in [2.45, 2.75) is 65.5 Å². The zero-order valence-electron chi connectivity index (χ0n) is 13.8. The Morgan fingerprint density at radius 1 is 1.20 bits per heavy atom. The largest absolute Gasteiger partial charge is 0.504 e. The summed E-state index contributed by atoms with van der Waals surface area (Å²) in [6.45, 7) is 15.5. The van der Waals surface area contributed by atoms with Crippen LogP contribution in [0.4, 0.5) is 0 Å². The summed E-state index contributed by atoms with van der Waals surface area (Å²) in [5, 5.41) is 10.2. The van der Waals surface area contributed by atoms with Crippen LogP contribution in [-0.4, -0.2) is 19.5 Å². The zero-order chi connectivity index (χ0) is 15.6. The Balaban J connectivity index is 2.73. The van der Waals surface area contributed by atoms with E-state index >= 15 is 0 Å². The van der Waals surface area contributed by atoms with Gasteiger partial charge in [-0.25, -0.2) is 0 Å². The lowest BCUT2D eigenvalue weighted by atomic mass is 10.2. The van der Waals surface area contributed by atoms with Crippen molar-refractivity contribution in [3.63, 3.8) is 0 Å². The fourth-order valence-electron chi connectivity index (χ4n) is 1.49. The SMILES string of the molecule is CC(C)Oc1ccc(CO[Si](C)(C)C(C)(C)C)cc1O. The molecule has 0 heterocycles. The zero-order valence-corrected chi connectivity index (χ0v) is 14.8. The number of rotatable bonds is 5. The smallest absolute Gasteiger partial charge is 0.192 e. The number of benzene rings is 1. The van der Waals surface area contributed by atoms with Crippen LogP contribution in [0.1, 0.15) is 40.2 Å². The molecule has 0 fully saturated rings. The molecule has 0 saturated heterocycles. The van der Waals surface area contributed by atoms with Crippen LogP contribution in [0.15, 0.2) is 18.2 Å². The van der Waals surface area contributed by atoms with E-state index < -0.39 is 8.32 Å². The molecular formula is C16H28O3Si. The lowest BCUT2D eigenvalue weighted by Crippen LogP contribution is -2.40. The summed E-state index contributed by atoms with van der Waals surface area (Å²) in [6.07, 6.45) is 0.0511. The maximum Gasteiger partial charge on any atom is 0.192 e. The number of phenols is 1. The first-order chi connectivity index (χ1) is 9.03. The number of hydrogen-bond acceptors (Lipinski definition) is 3. The highest BCUT2D eigenvalue weighted by Gasteiger charge is 2.37. The molecular weight excluding hydrogens is 268 g/mol. The number of phenolic OH excluding ortho intramolecular Hbond substituents is 1. The molecule has 1 N–H and O–H groups in total. The Labute approximate surface area is 124 Å². The van der Waals surface area contributed by atoms with E-state index in [0.29, 0.717) is 12.4 Å². The quantitative estimate of drug-likeness (QED) is 0.800. The summed E-state index contributed by atoms with van der Waals surface area (Å²) >= 11 is 0. The highest BCUT2D eigenvalue weighted by molar-refractivity contribution is 6.74. The molecule has 0 atom stereocenters. The van der Waals surface area contributed by atoms with Gasteiger partial charge >= 0.3 is 0 Å². The lowest BCUT2D eigenvalue weighted by molar-refractivity contribution is 0.231. The molecule has 0 aliphatic rings. The van der Waals surface area contributed by atoms with E-state index in [2.05, 4.69) is 33.9 Å². The Kier molecular flexibility index (Phi) is 5.27. The normalized spacial score (nSPS) is 12.8. The van der Waals surface area contributed by atoms with E-state index in [1.807, 2.05) is 19.9 Å². The van der Waals surface area contributed by atoms with Crippen LogP contribution in [0.5, 0.6) is 11.5 Å². The maximum absolute atomic E-state index is 9.96. The minimum absolute atomic E-state index is 0.0511.